The summed E-state index contributed by atoms with van der Waals surface area (Å²) in [5.41, 5.74) is 5.81. The molecule has 1 heterocycles. The van der Waals surface area contributed by atoms with E-state index in [1.807, 2.05) is 0 Å². The third kappa shape index (κ3) is 5.41. The summed E-state index contributed by atoms with van der Waals surface area (Å²) in [6.45, 7) is 0.00230. The molecular formula is C7H11Cl2N3O. The van der Waals surface area contributed by atoms with Gasteiger partial charge in [0.15, 0.2) is 0 Å². The number of nitrogens with one attached hydrogen (secondary N) is 1. The van der Waals surface area contributed by atoms with Crippen LogP contribution in [-0.4, -0.2) is 17.4 Å². The molecule has 0 saturated heterocycles. The van der Waals surface area contributed by atoms with Crippen molar-refractivity contribution in [3.8, 4) is 0 Å². The van der Waals surface area contributed by atoms with Crippen LogP contribution >= 0.6 is 24.8 Å². The molecule has 0 aliphatic heterocycles. The third-order valence-corrected chi connectivity index (χ3v) is 1.15. The van der Waals surface area contributed by atoms with E-state index in [0.717, 1.165) is 5.69 Å². The van der Waals surface area contributed by atoms with Crippen molar-refractivity contribution in [1.29, 1.82) is 0 Å². The minimum atomic E-state index is -0.198. The Hall–Kier alpha value is -0.840. The lowest BCUT2D eigenvalue weighted by Gasteiger charge is -2.00. The molecule has 1 aromatic rings. The van der Waals surface area contributed by atoms with Crippen LogP contribution < -0.4 is 11.1 Å². The fourth-order valence-electron chi connectivity index (χ4n) is 0.647. The molecule has 0 aliphatic carbocycles. The van der Waals surface area contributed by atoms with E-state index < -0.39 is 0 Å². The van der Waals surface area contributed by atoms with Crippen molar-refractivity contribution in [2.24, 2.45) is 5.73 Å². The van der Waals surface area contributed by atoms with Crippen LogP contribution in [0, 0.1) is 0 Å². The lowest BCUT2D eigenvalue weighted by atomic mass is 10.4. The van der Waals surface area contributed by atoms with Gasteiger partial charge < -0.3 is 11.1 Å². The molecule has 1 amide bonds. The fourth-order valence-corrected chi connectivity index (χ4v) is 0.647. The van der Waals surface area contributed by atoms with Gasteiger partial charge in [0, 0.05) is 18.1 Å². The van der Waals surface area contributed by atoms with Gasteiger partial charge in [0.25, 0.3) is 0 Å². The van der Waals surface area contributed by atoms with E-state index >= 15 is 0 Å². The molecule has 0 atom stereocenters. The standard InChI is InChI=1S/C7H9N3O.2ClH/c8-5-7(11)10-6-1-3-9-4-2-6;;/h1-4H,5,8H2,(H,9,10,11);2*1H. The van der Waals surface area contributed by atoms with Crippen molar-refractivity contribution in [1.82, 2.24) is 4.98 Å². The van der Waals surface area contributed by atoms with Gasteiger partial charge in [0.05, 0.1) is 6.54 Å². The molecule has 0 saturated carbocycles. The molecule has 1 aromatic heterocycles. The molecule has 0 radical (unpaired) electrons. The second-order valence-electron chi connectivity index (χ2n) is 1.99. The summed E-state index contributed by atoms with van der Waals surface area (Å²) in [5, 5.41) is 2.59. The number of carbonyl (C=O) groups is 1. The van der Waals surface area contributed by atoms with Gasteiger partial charge in [0.2, 0.25) is 5.91 Å². The van der Waals surface area contributed by atoms with Crippen LogP contribution in [0.5, 0.6) is 0 Å². The summed E-state index contributed by atoms with van der Waals surface area (Å²) in [7, 11) is 0. The van der Waals surface area contributed by atoms with Crippen molar-refractivity contribution in [2.45, 2.75) is 0 Å². The molecule has 0 fully saturated rings. The molecule has 0 spiro atoms. The van der Waals surface area contributed by atoms with Gasteiger partial charge in [-0.15, -0.1) is 24.8 Å². The second kappa shape index (κ2) is 7.79. The van der Waals surface area contributed by atoms with Crippen molar-refractivity contribution < 1.29 is 4.79 Å². The van der Waals surface area contributed by atoms with Gasteiger partial charge in [-0.3, -0.25) is 9.78 Å². The molecule has 0 bridgehead atoms. The highest BCUT2D eigenvalue weighted by Gasteiger charge is 1.95. The average Bonchev–Trinajstić information content (AvgIpc) is 2.06. The number of aromatic nitrogens is 1. The quantitative estimate of drug-likeness (QED) is 0.781. The van der Waals surface area contributed by atoms with Crippen molar-refractivity contribution in [2.75, 3.05) is 11.9 Å². The summed E-state index contributed by atoms with van der Waals surface area (Å²) in [6.07, 6.45) is 3.21. The highest BCUT2D eigenvalue weighted by molar-refractivity contribution is 5.91. The number of halogens is 2. The van der Waals surface area contributed by atoms with Crippen LogP contribution in [0.4, 0.5) is 5.69 Å². The normalized spacial score (nSPS) is 7.77. The van der Waals surface area contributed by atoms with Gasteiger partial charge in [-0.2, -0.15) is 0 Å². The molecule has 0 aliphatic rings. The Morgan fingerprint density at radius 1 is 1.38 bits per heavy atom. The molecule has 1 rings (SSSR count). The summed E-state index contributed by atoms with van der Waals surface area (Å²) in [6, 6.07) is 3.40. The van der Waals surface area contributed by atoms with Gasteiger partial charge >= 0.3 is 0 Å². The zero-order valence-electron chi connectivity index (χ0n) is 6.77. The Bertz CT molecular complexity index is 243. The number of nitrogens with zero attached hydrogens (tertiary/aromatic N) is 1. The number of rotatable bonds is 2. The van der Waals surface area contributed by atoms with Crippen molar-refractivity contribution >= 4 is 36.4 Å². The molecular weight excluding hydrogens is 213 g/mol. The van der Waals surface area contributed by atoms with Crippen molar-refractivity contribution in [3.05, 3.63) is 24.5 Å². The first-order valence-electron chi connectivity index (χ1n) is 3.23. The lowest BCUT2D eigenvalue weighted by Crippen LogP contribution is -2.21. The highest BCUT2D eigenvalue weighted by Crippen LogP contribution is 2.01. The third-order valence-electron chi connectivity index (χ3n) is 1.15. The average molecular weight is 224 g/mol. The number of hydrogen-bond acceptors (Lipinski definition) is 3. The van der Waals surface area contributed by atoms with Crippen LogP contribution in [0.15, 0.2) is 24.5 Å². The molecule has 4 nitrogen and oxygen atoms in total. The van der Waals surface area contributed by atoms with E-state index in [2.05, 4.69) is 10.3 Å². The summed E-state index contributed by atoms with van der Waals surface area (Å²) < 4.78 is 0. The first kappa shape index (κ1) is 14.7. The van der Waals surface area contributed by atoms with Crippen LogP contribution in [0.3, 0.4) is 0 Å². The zero-order chi connectivity index (χ0) is 8.10. The SMILES string of the molecule is Cl.Cl.NCC(=O)Nc1ccncc1. The van der Waals surface area contributed by atoms with E-state index in [9.17, 15) is 4.79 Å². The van der Waals surface area contributed by atoms with Crippen LogP contribution in [0.2, 0.25) is 0 Å². The Kier molecular flexibility index (Phi) is 8.79. The fraction of sp³-hybridized carbons (Fsp3) is 0.143. The Morgan fingerprint density at radius 2 is 1.92 bits per heavy atom. The van der Waals surface area contributed by atoms with E-state index in [1.54, 1.807) is 24.5 Å². The summed E-state index contributed by atoms with van der Waals surface area (Å²) >= 11 is 0. The number of carbonyl (C=O) groups excluding carboxylic acids is 1. The second-order valence-corrected chi connectivity index (χ2v) is 1.99. The van der Waals surface area contributed by atoms with E-state index in [0.29, 0.717) is 0 Å². The Balaban J connectivity index is 0. The number of hydrogen-bond donors (Lipinski definition) is 2. The smallest absolute Gasteiger partial charge is 0.238 e. The predicted molar refractivity (Wildman–Crippen MR) is 56.4 cm³/mol. The number of pyridine rings is 1. The Labute approximate surface area is 88.7 Å². The maximum absolute atomic E-state index is 10.7. The van der Waals surface area contributed by atoms with E-state index in [1.165, 1.54) is 0 Å². The van der Waals surface area contributed by atoms with Gasteiger partial charge in [0.1, 0.15) is 0 Å². The van der Waals surface area contributed by atoms with Crippen LogP contribution in [-0.2, 0) is 4.79 Å². The summed E-state index contributed by atoms with van der Waals surface area (Å²) in [4.78, 5) is 14.5. The minimum absolute atomic E-state index is 0. The van der Waals surface area contributed by atoms with Gasteiger partial charge in [-0.1, -0.05) is 0 Å². The number of amides is 1. The first-order chi connectivity index (χ1) is 5.33. The lowest BCUT2D eigenvalue weighted by molar-refractivity contribution is -0.114. The summed E-state index contributed by atoms with van der Waals surface area (Å²) in [5.74, 6) is -0.198. The molecule has 74 valence electrons. The number of anilines is 1. The molecule has 0 aromatic carbocycles. The van der Waals surface area contributed by atoms with Crippen LogP contribution in [0.25, 0.3) is 0 Å². The monoisotopic (exact) mass is 223 g/mol. The molecule has 3 N–H and O–H groups in total. The topological polar surface area (TPSA) is 68.0 Å². The highest BCUT2D eigenvalue weighted by atomic mass is 35.5. The molecule has 6 heteroatoms. The van der Waals surface area contributed by atoms with Gasteiger partial charge in [-0.05, 0) is 12.1 Å². The number of nitrogens with two attached hydrogens (primary N) is 1. The van der Waals surface area contributed by atoms with Gasteiger partial charge in [-0.25, -0.2) is 0 Å². The van der Waals surface area contributed by atoms with Crippen molar-refractivity contribution in [3.63, 3.8) is 0 Å². The zero-order valence-corrected chi connectivity index (χ0v) is 8.40. The molecule has 0 unspecified atom stereocenters. The first-order valence-corrected chi connectivity index (χ1v) is 3.23. The van der Waals surface area contributed by atoms with E-state index in [4.69, 9.17) is 5.73 Å². The Morgan fingerprint density at radius 3 is 2.38 bits per heavy atom. The largest absolute Gasteiger partial charge is 0.325 e. The van der Waals surface area contributed by atoms with E-state index in [-0.39, 0.29) is 37.3 Å². The van der Waals surface area contributed by atoms with Crippen LogP contribution in [0.1, 0.15) is 0 Å². The minimum Gasteiger partial charge on any atom is -0.325 e. The maximum Gasteiger partial charge on any atom is 0.238 e. The molecule has 13 heavy (non-hydrogen) atoms. The predicted octanol–water partition coefficient (Wildman–Crippen LogP) is 0.822. The maximum atomic E-state index is 10.7.